The summed E-state index contributed by atoms with van der Waals surface area (Å²) < 4.78 is 2.37. The van der Waals surface area contributed by atoms with E-state index in [-0.39, 0.29) is 0 Å². The number of aromatic nitrogens is 3. The van der Waals surface area contributed by atoms with E-state index in [4.69, 9.17) is 4.98 Å². The van der Waals surface area contributed by atoms with Gasteiger partial charge in [-0.2, -0.15) is 0 Å². The summed E-state index contributed by atoms with van der Waals surface area (Å²) in [5, 5.41) is 0. The minimum absolute atomic E-state index is 0.393. The first kappa shape index (κ1) is 14.4. The third-order valence-corrected chi connectivity index (χ3v) is 4.75. The van der Waals surface area contributed by atoms with Crippen LogP contribution in [0.4, 0.5) is 0 Å². The summed E-state index contributed by atoms with van der Waals surface area (Å²) in [4.78, 5) is 12.0. The molecular formula is C19H22N4. The molecule has 118 valence electrons. The normalized spacial score (nSPS) is 18.7. The number of aryl methyl sites for hydroxylation is 1. The van der Waals surface area contributed by atoms with Crippen LogP contribution in [0.1, 0.15) is 37.3 Å². The molecule has 23 heavy (non-hydrogen) atoms. The van der Waals surface area contributed by atoms with Crippen LogP contribution in [-0.2, 0) is 13.1 Å². The molecule has 0 bridgehead atoms. The van der Waals surface area contributed by atoms with Crippen LogP contribution in [0, 0.1) is 0 Å². The van der Waals surface area contributed by atoms with Crippen LogP contribution in [0.15, 0.2) is 48.7 Å². The first-order chi connectivity index (χ1) is 11.4. The average Bonchev–Trinajstić information content (AvgIpc) is 3.19. The fourth-order valence-corrected chi connectivity index (χ4v) is 3.69. The number of likely N-dealkylation sites (tertiary alicyclic amines) is 1. The molecule has 0 aliphatic carbocycles. The van der Waals surface area contributed by atoms with Crippen LogP contribution in [-0.4, -0.2) is 26.0 Å². The predicted octanol–water partition coefficient (Wildman–Crippen LogP) is 3.79. The molecule has 4 heteroatoms. The highest BCUT2D eigenvalue weighted by atomic mass is 15.2. The molecule has 0 amide bonds. The molecule has 1 fully saturated rings. The van der Waals surface area contributed by atoms with Crippen molar-refractivity contribution in [2.24, 2.45) is 0 Å². The van der Waals surface area contributed by atoms with E-state index < -0.39 is 0 Å². The lowest BCUT2D eigenvalue weighted by molar-refractivity contribution is 0.233. The SMILES string of the molecule is CCn1c(C2CCCN2Cc2ccccn2)nc2ccccc21. The van der Waals surface area contributed by atoms with E-state index in [1.165, 1.54) is 24.2 Å². The maximum absolute atomic E-state index is 4.96. The van der Waals surface area contributed by atoms with Crippen LogP contribution >= 0.6 is 0 Å². The lowest BCUT2D eigenvalue weighted by atomic mass is 10.2. The van der Waals surface area contributed by atoms with Crippen molar-refractivity contribution in [1.82, 2.24) is 19.4 Å². The van der Waals surface area contributed by atoms with Crippen molar-refractivity contribution in [3.8, 4) is 0 Å². The van der Waals surface area contributed by atoms with Gasteiger partial charge in [0.1, 0.15) is 5.82 Å². The van der Waals surface area contributed by atoms with Gasteiger partial charge in [-0.05, 0) is 50.6 Å². The van der Waals surface area contributed by atoms with Gasteiger partial charge in [0.05, 0.1) is 22.8 Å². The van der Waals surface area contributed by atoms with Crippen molar-refractivity contribution >= 4 is 11.0 Å². The Kier molecular flexibility index (Phi) is 3.83. The van der Waals surface area contributed by atoms with Gasteiger partial charge in [-0.1, -0.05) is 18.2 Å². The molecule has 1 atom stereocenters. The first-order valence-corrected chi connectivity index (χ1v) is 8.46. The Bertz CT molecular complexity index is 793. The largest absolute Gasteiger partial charge is 0.327 e. The summed E-state index contributed by atoms with van der Waals surface area (Å²) in [5.74, 6) is 1.21. The summed E-state index contributed by atoms with van der Waals surface area (Å²) in [5.41, 5.74) is 3.49. The Balaban J connectivity index is 1.68. The fraction of sp³-hybridized carbons (Fsp3) is 0.368. The van der Waals surface area contributed by atoms with Gasteiger partial charge < -0.3 is 4.57 Å². The van der Waals surface area contributed by atoms with Gasteiger partial charge in [-0.25, -0.2) is 4.98 Å². The van der Waals surface area contributed by atoms with Gasteiger partial charge >= 0.3 is 0 Å². The van der Waals surface area contributed by atoms with Gasteiger partial charge in [-0.3, -0.25) is 9.88 Å². The molecule has 3 aromatic rings. The molecule has 3 heterocycles. The third kappa shape index (κ3) is 2.63. The molecule has 0 N–H and O–H groups in total. The highest BCUT2D eigenvalue weighted by Crippen LogP contribution is 2.34. The maximum atomic E-state index is 4.96. The van der Waals surface area contributed by atoms with E-state index in [1.54, 1.807) is 0 Å². The summed E-state index contributed by atoms with van der Waals surface area (Å²) in [7, 11) is 0. The number of nitrogens with zero attached hydrogens (tertiary/aromatic N) is 4. The van der Waals surface area contributed by atoms with Gasteiger partial charge in [0.2, 0.25) is 0 Å². The Hall–Kier alpha value is -2.20. The van der Waals surface area contributed by atoms with Gasteiger partial charge in [-0.15, -0.1) is 0 Å². The predicted molar refractivity (Wildman–Crippen MR) is 92.0 cm³/mol. The zero-order valence-corrected chi connectivity index (χ0v) is 13.5. The zero-order valence-electron chi connectivity index (χ0n) is 13.5. The summed E-state index contributed by atoms with van der Waals surface area (Å²) in [6.45, 7) is 5.19. The Morgan fingerprint density at radius 3 is 2.83 bits per heavy atom. The van der Waals surface area contributed by atoms with Crippen LogP contribution in [0.5, 0.6) is 0 Å². The Labute approximate surface area is 136 Å². The number of para-hydroxylation sites is 2. The molecule has 4 rings (SSSR count). The molecule has 1 aliphatic heterocycles. The zero-order chi connectivity index (χ0) is 15.6. The average molecular weight is 306 g/mol. The van der Waals surface area contributed by atoms with E-state index >= 15 is 0 Å². The van der Waals surface area contributed by atoms with Crippen molar-refractivity contribution in [3.05, 3.63) is 60.2 Å². The molecule has 0 spiro atoms. The van der Waals surface area contributed by atoms with Crippen molar-refractivity contribution in [1.29, 1.82) is 0 Å². The number of benzene rings is 1. The summed E-state index contributed by atoms with van der Waals surface area (Å²) >= 11 is 0. The minimum Gasteiger partial charge on any atom is -0.327 e. The van der Waals surface area contributed by atoms with E-state index in [0.717, 1.165) is 30.8 Å². The molecule has 1 saturated heterocycles. The second-order valence-corrected chi connectivity index (χ2v) is 6.15. The minimum atomic E-state index is 0.393. The van der Waals surface area contributed by atoms with Crippen LogP contribution < -0.4 is 0 Å². The van der Waals surface area contributed by atoms with Crippen LogP contribution in [0.3, 0.4) is 0 Å². The number of fused-ring (bicyclic) bond motifs is 1. The highest BCUT2D eigenvalue weighted by molar-refractivity contribution is 5.76. The number of hydrogen-bond acceptors (Lipinski definition) is 3. The van der Waals surface area contributed by atoms with Crippen LogP contribution in [0.2, 0.25) is 0 Å². The second kappa shape index (κ2) is 6.13. The number of rotatable bonds is 4. The van der Waals surface area contributed by atoms with E-state index in [0.29, 0.717) is 6.04 Å². The lowest BCUT2D eigenvalue weighted by Gasteiger charge is -2.24. The van der Waals surface area contributed by atoms with E-state index in [2.05, 4.69) is 57.8 Å². The quantitative estimate of drug-likeness (QED) is 0.735. The lowest BCUT2D eigenvalue weighted by Crippen LogP contribution is -2.25. The van der Waals surface area contributed by atoms with Gasteiger partial charge in [0, 0.05) is 19.3 Å². The van der Waals surface area contributed by atoms with E-state index in [1.807, 2.05) is 12.3 Å². The maximum Gasteiger partial charge on any atom is 0.127 e. The summed E-state index contributed by atoms with van der Waals surface area (Å²) in [6.07, 6.45) is 4.28. The van der Waals surface area contributed by atoms with Crippen molar-refractivity contribution in [3.63, 3.8) is 0 Å². The Morgan fingerprint density at radius 1 is 1.13 bits per heavy atom. The Morgan fingerprint density at radius 2 is 2.00 bits per heavy atom. The molecule has 0 saturated carbocycles. The number of hydrogen-bond donors (Lipinski definition) is 0. The van der Waals surface area contributed by atoms with Crippen molar-refractivity contribution in [2.45, 2.75) is 38.9 Å². The molecule has 1 aromatic carbocycles. The topological polar surface area (TPSA) is 34.0 Å². The molecule has 4 nitrogen and oxygen atoms in total. The standard InChI is InChI=1S/C19H22N4/c1-2-23-17-10-4-3-9-16(17)21-19(23)18-11-7-13-22(18)14-15-8-5-6-12-20-15/h3-6,8-10,12,18H,2,7,11,13-14H2,1H3. The third-order valence-electron chi connectivity index (χ3n) is 4.75. The highest BCUT2D eigenvalue weighted by Gasteiger charge is 2.30. The fourth-order valence-electron chi connectivity index (χ4n) is 3.69. The summed E-state index contributed by atoms with van der Waals surface area (Å²) in [6, 6.07) is 15.0. The van der Waals surface area contributed by atoms with Gasteiger partial charge in [0.15, 0.2) is 0 Å². The molecule has 0 radical (unpaired) electrons. The molecule has 2 aromatic heterocycles. The monoisotopic (exact) mass is 306 g/mol. The second-order valence-electron chi connectivity index (χ2n) is 6.15. The molecule has 1 unspecified atom stereocenters. The number of imidazole rings is 1. The van der Waals surface area contributed by atoms with Crippen molar-refractivity contribution < 1.29 is 0 Å². The van der Waals surface area contributed by atoms with Crippen molar-refractivity contribution in [2.75, 3.05) is 6.54 Å². The molecular weight excluding hydrogens is 284 g/mol. The van der Waals surface area contributed by atoms with E-state index in [9.17, 15) is 0 Å². The number of pyridine rings is 1. The smallest absolute Gasteiger partial charge is 0.127 e. The van der Waals surface area contributed by atoms with Gasteiger partial charge in [0.25, 0.3) is 0 Å². The van der Waals surface area contributed by atoms with Crippen LogP contribution in [0.25, 0.3) is 11.0 Å². The first-order valence-electron chi connectivity index (χ1n) is 8.46. The molecule has 1 aliphatic rings.